The Balaban J connectivity index is 1.39. The minimum absolute atomic E-state index is 0.154. The molecule has 2 unspecified atom stereocenters. The highest BCUT2D eigenvalue weighted by atomic mass is 32.2. The van der Waals surface area contributed by atoms with Gasteiger partial charge in [-0.2, -0.15) is 0 Å². The van der Waals surface area contributed by atoms with Crippen molar-refractivity contribution in [2.75, 3.05) is 39.3 Å². The summed E-state index contributed by atoms with van der Waals surface area (Å²) in [7, 11) is 1.90. The van der Waals surface area contributed by atoms with E-state index < -0.39 is 0 Å². The minimum Gasteiger partial charge on any atom is -0.485 e. The Morgan fingerprint density at radius 2 is 1.93 bits per heavy atom. The number of amides is 1. The van der Waals surface area contributed by atoms with Crippen molar-refractivity contribution in [3.05, 3.63) is 30.1 Å². The molecular weight excluding hydrogens is 390 g/mol. The molecule has 29 heavy (non-hydrogen) atoms. The molecule has 156 valence electrons. The zero-order chi connectivity index (χ0) is 20.4. The number of thioether (sulfide) groups is 1. The fourth-order valence-corrected chi connectivity index (χ4v) is 4.51. The lowest BCUT2D eigenvalue weighted by molar-refractivity contribution is -0.132. The number of aromatic nitrogens is 3. The molecule has 0 saturated carbocycles. The van der Waals surface area contributed by atoms with Gasteiger partial charge in [-0.3, -0.25) is 4.79 Å². The highest BCUT2D eigenvalue weighted by molar-refractivity contribution is 8.00. The number of piperazine rings is 1. The van der Waals surface area contributed by atoms with Gasteiger partial charge in [-0.05, 0) is 25.6 Å². The Labute approximate surface area is 175 Å². The van der Waals surface area contributed by atoms with E-state index in [1.54, 1.807) is 0 Å². The predicted molar refractivity (Wildman–Crippen MR) is 110 cm³/mol. The molecule has 4 rings (SSSR count). The largest absolute Gasteiger partial charge is 0.485 e. The summed E-state index contributed by atoms with van der Waals surface area (Å²) in [5, 5.41) is 9.10. The number of fused-ring (bicyclic) bond motifs is 1. The molecule has 1 fully saturated rings. The maximum Gasteiger partial charge on any atom is 0.235 e. The van der Waals surface area contributed by atoms with Gasteiger partial charge in [-0.1, -0.05) is 30.8 Å². The van der Waals surface area contributed by atoms with Crippen LogP contribution in [0.25, 0.3) is 0 Å². The summed E-state index contributed by atoms with van der Waals surface area (Å²) in [5.74, 6) is 2.29. The van der Waals surface area contributed by atoms with Crippen LogP contribution in [-0.4, -0.2) is 75.1 Å². The van der Waals surface area contributed by atoms with E-state index in [0.29, 0.717) is 23.3 Å². The van der Waals surface area contributed by atoms with Crippen LogP contribution in [0.3, 0.4) is 0 Å². The molecule has 1 aromatic carbocycles. The summed E-state index contributed by atoms with van der Waals surface area (Å²) in [5.41, 5.74) is 0. The van der Waals surface area contributed by atoms with Crippen molar-refractivity contribution in [3.8, 4) is 11.5 Å². The van der Waals surface area contributed by atoms with E-state index >= 15 is 0 Å². The highest BCUT2D eigenvalue weighted by Crippen LogP contribution is 2.36. The average Bonchev–Trinajstić information content (AvgIpc) is 3.13. The Kier molecular flexibility index (Phi) is 5.96. The maximum atomic E-state index is 12.8. The standard InChI is InChI=1S/C20H27N5O3S/c1-4-24-9-11-25(12-10-24)19(26)14(2)29-20-22-21-18(23(20)3)17-13-27-15-7-5-6-8-16(15)28-17/h5-8,14,17H,4,9-13H2,1-3H3. The number of nitrogens with zero attached hydrogens (tertiary/aromatic N) is 5. The first-order chi connectivity index (χ1) is 14.1. The second-order valence-corrected chi connectivity index (χ2v) is 8.59. The van der Waals surface area contributed by atoms with Gasteiger partial charge >= 0.3 is 0 Å². The van der Waals surface area contributed by atoms with Crippen molar-refractivity contribution < 1.29 is 14.3 Å². The van der Waals surface area contributed by atoms with Gasteiger partial charge in [0.1, 0.15) is 6.61 Å². The average molecular weight is 418 g/mol. The number of rotatable bonds is 5. The number of benzene rings is 1. The van der Waals surface area contributed by atoms with Crippen molar-refractivity contribution in [1.29, 1.82) is 0 Å². The molecule has 2 aliphatic heterocycles. The third-order valence-electron chi connectivity index (χ3n) is 5.43. The summed E-state index contributed by atoms with van der Waals surface area (Å²) in [6.45, 7) is 8.95. The molecule has 2 atom stereocenters. The smallest absolute Gasteiger partial charge is 0.235 e. The van der Waals surface area contributed by atoms with E-state index in [1.165, 1.54) is 11.8 Å². The minimum atomic E-state index is -0.329. The van der Waals surface area contributed by atoms with E-state index in [4.69, 9.17) is 9.47 Å². The Morgan fingerprint density at radius 3 is 2.66 bits per heavy atom. The van der Waals surface area contributed by atoms with Crippen LogP contribution in [0.1, 0.15) is 25.8 Å². The van der Waals surface area contributed by atoms with Crippen LogP contribution in [0.15, 0.2) is 29.4 Å². The number of carbonyl (C=O) groups excluding carboxylic acids is 1. The highest BCUT2D eigenvalue weighted by Gasteiger charge is 2.30. The molecule has 2 aliphatic rings. The van der Waals surface area contributed by atoms with E-state index in [2.05, 4.69) is 22.0 Å². The zero-order valence-electron chi connectivity index (χ0n) is 17.1. The van der Waals surface area contributed by atoms with Gasteiger partial charge in [-0.15, -0.1) is 10.2 Å². The Bertz CT molecular complexity index is 866. The van der Waals surface area contributed by atoms with Crippen molar-refractivity contribution in [1.82, 2.24) is 24.6 Å². The number of ether oxygens (including phenoxy) is 2. The van der Waals surface area contributed by atoms with Gasteiger partial charge in [0.2, 0.25) is 5.91 Å². The Morgan fingerprint density at radius 1 is 1.21 bits per heavy atom. The molecule has 2 aromatic rings. The zero-order valence-corrected chi connectivity index (χ0v) is 17.9. The number of likely N-dealkylation sites (N-methyl/N-ethyl adjacent to an activating group) is 1. The fraction of sp³-hybridized carbons (Fsp3) is 0.550. The van der Waals surface area contributed by atoms with Gasteiger partial charge in [0.05, 0.1) is 5.25 Å². The van der Waals surface area contributed by atoms with Crippen LogP contribution in [0, 0.1) is 0 Å². The van der Waals surface area contributed by atoms with Gasteiger partial charge < -0.3 is 23.8 Å². The van der Waals surface area contributed by atoms with E-state index in [0.717, 1.165) is 38.5 Å². The summed E-state index contributed by atoms with van der Waals surface area (Å²) in [4.78, 5) is 17.2. The first-order valence-corrected chi connectivity index (χ1v) is 10.9. The van der Waals surface area contributed by atoms with Gasteiger partial charge in [-0.25, -0.2) is 0 Å². The molecule has 0 spiro atoms. The van der Waals surface area contributed by atoms with E-state index in [1.807, 2.05) is 47.7 Å². The first-order valence-electron chi connectivity index (χ1n) is 10.0. The van der Waals surface area contributed by atoms with Crippen LogP contribution in [0.5, 0.6) is 11.5 Å². The molecule has 3 heterocycles. The molecule has 0 aliphatic carbocycles. The summed E-state index contributed by atoms with van der Waals surface area (Å²) in [6, 6.07) is 7.60. The van der Waals surface area contributed by atoms with Crippen LogP contribution in [0.2, 0.25) is 0 Å². The summed E-state index contributed by atoms with van der Waals surface area (Å²) >= 11 is 1.44. The van der Waals surface area contributed by atoms with Gasteiger partial charge in [0.25, 0.3) is 0 Å². The third kappa shape index (κ3) is 4.20. The number of hydrogen-bond acceptors (Lipinski definition) is 7. The van der Waals surface area contributed by atoms with Crippen molar-refractivity contribution >= 4 is 17.7 Å². The molecule has 8 nitrogen and oxygen atoms in total. The number of carbonyl (C=O) groups is 1. The first kappa shape index (κ1) is 20.0. The monoisotopic (exact) mass is 417 g/mol. The van der Waals surface area contributed by atoms with Crippen LogP contribution in [-0.2, 0) is 11.8 Å². The van der Waals surface area contributed by atoms with Crippen molar-refractivity contribution in [2.45, 2.75) is 30.4 Å². The molecule has 0 N–H and O–H groups in total. The quantitative estimate of drug-likeness (QED) is 0.689. The molecule has 1 amide bonds. The molecule has 1 aromatic heterocycles. The number of para-hydroxylation sites is 2. The second kappa shape index (κ2) is 8.62. The lowest BCUT2D eigenvalue weighted by Gasteiger charge is -2.35. The van der Waals surface area contributed by atoms with Crippen LogP contribution >= 0.6 is 11.8 Å². The lowest BCUT2D eigenvalue weighted by Crippen LogP contribution is -2.50. The molecule has 0 bridgehead atoms. The van der Waals surface area contributed by atoms with Crippen LogP contribution in [0.4, 0.5) is 0 Å². The molecule has 1 saturated heterocycles. The predicted octanol–water partition coefficient (Wildman–Crippen LogP) is 1.97. The number of hydrogen-bond donors (Lipinski definition) is 0. The lowest BCUT2D eigenvalue weighted by atomic mass is 10.2. The normalized spacial score (nSPS) is 20.5. The molecule has 9 heteroatoms. The van der Waals surface area contributed by atoms with Gasteiger partial charge in [0.15, 0.2) is 28.6 Å². The maximum absolute atomic E-state index is 12.8. The third-order valence-corrected chi connectivity index (χ3v) is 6.55. The topological polar surface area (TPSA) is 72.7 Å². The second-order valence-electron chi connectivity index (χ2n) is 7.28. The Hall–Kier alpha value is -2.26. The van der Waals surface area contributed by atoms with Crippen molar-refractivity contribution in [2.24, 2.45) is 7.05 Å². The van der Waals surface area contributed by atoms with E-state index in [9.17, 15) is 4.79 Å². The fourth-order valence-electron chi connectivity index (χ4n) is 3.61. The summed E-state index contributed by atoms with van der Waals surface area (Å²) in [6.07, 6.45) is -0.329. The molecule has 0 radical (unpaired) electrons. The van der Waals surface area contributed by atoms with Crippen LogP contribution < -0.4 is 9.47 Å². The van der Waals surface area contributed by atoms with Gasteiger partial charge in [0, 0.05) is 33.2 Å². The SMILES string of the molecule is CCN1CCN(C(=O)C(C)Sc2nnc(C3COc4ccccc4O3)n2C)CC1. The molecular formula is C20H27N5O3S. The van der Waals surface area contributed by atoms with Crippen molar-refractivity contribution in [3.63, 3.8) is 0 Å². The summed E-state index contributed by atoms with van der Waals surface area (Å²) < 4.78 is 13.7. The van der Waals surface area contributed by atoms with E-state index in [-0.39, 0.29) is 17.3 Å².